The number of unbranched alkanes of at least 4 members (excludes halogenated alkanes) is 3. The summed E-state index contributed by atoms with van der Waals surface area (Å²) in [6, 6.07) is 0. The molecule has 1 aliphatic heterocycles. The Morgan fingerprint density at radius 2 is 2.00 bits per heavy atom. The Balaban J connectivity index is 1.85. The fourth-order valence-electron chi connectivity index (χ4n) is 0.775. The van der Waals surface area contributed by atoms with Crippen molar-refractivity contribution in [2.75, 3.05) is 6.61 Å². The van der Waals surface area contributed by atoms with Gasteiger partial charge in [0.2, 0.25) is 0 Å². The smallest absolute Gasteiger partial charge is 0.284 e. The van der Waals surface area contributed by atoms with E-state index < -0.39 is 7.82 Å². The van der Waals surface area contributed by atoms with Crippen molar-refractivity contribution in [2.24, 2.45) is 0 Å². The van der Waals surface area contributed by atoms with Crippen LogP contribution in [0.2, 0.25) is 0 Å². The van der Waals surface area contributed by atoms with Gasteiger partial charge < -0.3 is 0 Å². The third-order valence-electron chi connectivity index (χ3n) is 1.44. The average Bonchev–Trinajstić information content (AvgIpc) is 2.69. The van der Waals surface area contributed by atoms with Crippen LogP contribution in [0.15, 0.2) is 0 Å². The first kappa shape index (κ1) is 9.20. The van der Waals surface area contributed by atoms with Crippen molar-refractivity contribution >= 4 is 7.82 Å². The highest BCUT2D eigenvalue weighted by atomic mass is 31.2. The molecular weight excluding hydrogens is 167 g/mol. The van der Waals surface area contributed by atoms with Gasteiger partial charge in [-0.1, -0.05) is 26.2 Å². The summed E-state index contributed by atoms with van der Waals surface area (Å²) >= 11 is 0. The fourth-order valence-corrected chi connectivity index (χ4v) is 1.43. The number of rotatable bonds is 6. The second-order valence-electron chi connectivity index (χ2n) is 2.49. The van der Waals surface area contributed by atoms with Crippen LogP contribution in [0.25, 0.3) is 0 Å². The lowest BCUT2D eigenvalue weighted by molar-refractivity contribution is 0.0850. The Kier molecular flexibility index (Phi) is 3.52. The SMILES string of the molecule is CCCCCCOP1(=O)OO1. The highest BCUT2D eigenvalue weighted by Crippen LogP contribution is 2.65. The maximum absolute atomic E-state index is 10.7. The van der Waals surface area contributed by atoms with E-state index in [1.165, 1.54) is 12.8 Å². The number of phosphoric acid groups is 1. The lowest BCUT2D eigenvalue weighted by Crippen LogP contribution is -1.86. The van der Waals surface area contributed by atoms with Gasteiger partial charge in [-0.25, -0.2) is 4.57 Å². The summed E-state index contributed by atoms with van der Waals surface area (Å²) in [5.41, 5.74) is 0. The highest BCUT2D eigenvalue weighted by molar-refractivity contribution is 7.52. The minimum absolute atomic E-state index is 0.470. The van der Waals surface area contributed by atoms with Crippen LogP contribution >= 0.6 is 7.82 Å². The van der Waals surface area contributed by atoms with Gasteiger partial charge in [0, 0.05) is 0 Å². The van der Waals surface area contributed by atoms with Crippen molar-refractivity contribution in [3.8, 4) is 0 Å². The molecule has 0 N–H and O–H groups in total. The standard InChI is InChI=1S/C6H13O4P/c1-2-3-4-5-6-8-11(7)9-10-11/h2-6H2,1H3. The molecule has 0 aromatic heterocycles. The van der Waals surface area contributed by atoms with Crippen molar-refractivity contribution < 1.29 is 18.4 Å². The van der Waals surface area contributed by atoms with Crippen molar-refractivity contribution in [1.82, 2.24) is 0 Å². The largest absolute Gasteiger partial charge is 0.530 e. The lowest BCUT2D eigenvalue weighted by atomic mass is 10.2. The summed E-state index contributed by atoms with van der Waals surface area (Å²) < 4.78 is 23.8. The molecule has 1 rings (SSSR count). The molecule has 0 radical (unpaired) electrons. The van der Waals surface area contributed by atoms with Crippen molar-refractivity contribution in [2.45, 2.75) is 32.6 Å². The Hall–Kier alpha value is 0.110. The van der Waals surface area contributed by atoms with Crippen LogP contribution in [0.5, 0.6) is 0 Å². The zero-order valence-electron chi connectivity index (χ0n) is 6.62. The molecule has 1 aliphatic rings. The molecule has 0 aromatic rings. The van der Waals surface area contributed by atoms with E-state index in [9.17, 15) is 4.57 Å². The summed E-state index contributed by atoms with van der Waals surface area (Å²) in [5.74, 6) is 0. The van der Waals surface area contributed by atoms with Gasteiger partial charge in [0.15, 0.2) is 0 Å². The minimum Gasteiger partial charge on any atom is -0.284 e. The van der Waals surface area contributed by atoms with Crippen LogP contribution in [0.3, 0.4) is 0 Å². The topological polar surface area (TPSA) is 51.4 Å². The molecule has 0 bridgehead atoms. The van der Waals surface area contributed by atoms with E-state index in [1.54, 1.807) is 0 Å². The first-order valence-corrected chi connectivity index (χ1v) is 5.35. The molecule has 1 fully saturated rings. The first-order valence-electron chi connectivity index (χ1n) is 3.89. The van der Waals surface area contributed by atoms with Crippen LogP contribution in [0.4, 0.5) is 0 Å². The van der Waals surface area contributed by atoms with Gasteiger partial charge in [0.05, 0.1) is 6.61 Å². The van der Waals surface area contributed by atoms with Gasteiger partial charge in [-0.2, -0.15) is 0 Å². The van der Waals surface area contributed by atoms with E-state index in [2.05, 4.69) is 16.3 Å². The van der Waals surface area contributed by atoms with Gasteiger partial charge in [-0.3, -0.25) is 4.52 Å². The molecule has 11 heavy (non-hydrogen) atoms. The monoisotopic (exact) mass is 180 g/mol. The van der Waals surface area contributed by atoms with E-state index in [0.29, 0.717) is 6.61 Å². The number of hydrogen-bond acceptors (Lipinski definition) is 4. The van der Waals surface area contributed by atoms with E-state index in [1.807, 2.05) is 0 Å². The molecule has 0 aliphatic carbocycles. The predicted molar refractivity (Wildman–Crippen MR) is 39.9 cm³/mol. The predicted octanol–water partition coefficient (Wildman–Crippen LogP) is 2.65. The summed E-state index contributed by atoms with van der Waals surface area (Å²) in [7, 11) is -2.96. The van der Waals surface area contributed by atoms with E-state index in [-0.39, 0.29) is 0 Å². The van der Waals surface area contributed by atoms with Gasteiger partial charge in [-0.15, -0.1) is 9.35 Å². The van der Waals surface area contributed by atoms with Crippen molar-refractivity contribution in [3.05, 3.63) is 0 Å². The van der Waals surface area contributed by atoms with Gasteiger partial charge in [0.25, 0.3) is 0 Å². The van der Waals surface area contributed by atoms with E-state index in [4.69, 9.17) is 4.52 Å². The quantitative estimate of drug-likeness (QED) is 0.273. The summed E-state index contributed by atoms with van der Waals surface area (Å²) in [5, 5.41) is 0. The summed E-state index contributed by atoms with van der Waals surface area (Å²) in [6.45, 7) is 2.60. The Morgan fingerprint density at radius 1 is 1.27 bits per heavy atom. The minimum atomic E-state index is -2.96. The molecule has 1 saturated heterocycles. The van der Waals surface area contributed by atoms with Crippen molar-refractivity contribution in [1.29, 1.82) is 0 Å². The van der Waals surface area contributed by atoms with Crippen LogP contribution in [-0.2, 0) is 18.4 Å². The zero-order chi connectivity index (χ0) is 8.16. The first-order chi connectivity index (χ1) is 5.27. The molecule has 0 spiro atoms. The Morgan fingerprint density at radius 3 is 2.55 bits per heavy atom. The molecule has 0 atom stereocenters. The van der Waals surface area contributed by atoms with E-state index >= 15 is 0 Å². The Labute approximate surface area is 66.4 Å². The molecule has 66 valence electrons. The normalized spacial score (nSPS) is 20.1. The molecule has 0 unspecified atom stereocenters. The second-order valence-corrected chi connectivity index (χ2v) is 3.94. The number of hydrogen-bond donors (Lipinski definition) is 0. The third-order valence-corrected chi connectivity index (χ3v) is 2.33. The van der Waals surface area contributed by atoms with E-state index in [0.717, 1.165) is 12.8 Å². The molecule has 5 heteroatoms. The van der Waals surface area contributed by atoms with Crippen LogP contribution in [-0.4, -0.2) is 6.61 Å². The maximum atomic E-state index is 10.7. The molecule has 0 saturated carbocycles. The molecular formula is C6H13O4P. The third kappa shape index (κ3) is 3.87. The van der Waals surface area contributed by atoms with Crippen molar-refractivity contribution in [3.63, 3.8) is 0 Å². The zero-order valence-corrected chi connectivity index (χ0v) is 7.51. The van der Waals surface area contributed by atoms with Gasteiger partial charge >= 0.3 is 7.82 Å². The van der Waals surface area contributed by atoms with Crippen LogP contribution < -0.4 is 0 Å². The average molecular weight is 180 g/mol. The van der Waals surface area contributed by atoms with Crippen LogP contribution in [0, 0.1) is 0 Å². The van der Waals surface area contributed by atoms with Crippen LogP contribution in [0.1, 0.15) is 32.6 Å². The highest BCUT2D eigenvalue weighted by Gasteiger charge is 2.45. The summed E-state index contributed by atoms with van der Waals surface area (Å²) in [6.07, 6.45) is 4.40. The molecule has 1 heterocycles. The molecule has 4 nitrogen and oxygen atoms in total. The molecule has 0 aromatic carbocycles. The maximum Gasteiger partial charge on any atom is 0.530 e. The second kappa shape index (κ2) is 4.21. The summed E-state index contributed by atoms with van der Waals surface area (Å²) in [4.78, 5) is 0. The van der Waals surface area contributed by atoms with Gasteiger partial charge in [-0.05, 0) is 6.42 Å². The molecule has 0 amide bonds. The Bertz CT molecular complexity index is 151. The lowest BCUT2D eigenvalue weighted by Gasteiger charge is -1.96. The van der Waals surface area contributed by atoms with Gasteiger partial charge in [0.1, 0.15) is 0 Å². The fraction of sp³-hybridized carbons (Fsp3) is 1.00.